The first-order chi connectivity index (χ1) is 17.9. The van der Waals surface area contributed by atoms with Crippen LogP contribution in [0.15, 0.2) is 53.6 Å². The van der Waals surface area contributed by atoms with Gasteiger partial charge in [-0.25, -0.2) is 4.39 Å². The Morgan fingerprint density at radius 2 is 1.84 bits per heavy atom. The van der Waals surface area contributed by atoms with Crippen molar-refractivity contribution < 1.29 is 18.8 Å². The van der Waals surface area contributed by atoms with Crippen molar-refractivity contribution in [3.05, 3.63) is 76.1 Å². The number of carbonyl (C=O) groups excluding carboxylic acids is 3. The summed E-state index contributed by atoms with van der Waals surface area (Å²) in [6.07, 6.45) is 9.95. The number of halogens is 1. The molecule has 5 rings (SSSR count). The summed E-state index contributed by atoms with van der Waals surface area (Å²) >= 11 is 0.854. The van der Waals surface area contributed by atoms with Crippen LogP contribution in [-0.2, 0) is 29.1 Å². The van der Waals surface area contributed by atoms with E-state index >= 15 is 0 Å². The second kappa shape index (κ2) is 10.9. The highest BCUT2D eigenvalue weighted by Crippen LogP contribution is 2.36. The molecule has 1 aliphatic carbocycles. The molecule has 2 fully saturated rings. The van der Waals surface area contributed by atoms with Crippen molar-refractivity contribution in [1.29, 1.82) is 0 Å². The molecule has 1 N–H and O–H groups in total. The fourth-order valence-electron chi connectivity index (χ4n) is 5.24. The summed E-state index contributed by atoms with van der Waals surface area (Å²) < 4.78 is 16.1. The smallest absolute Gasteiger partial charge is 0.293 e. The molecule has 37 heavy (non-hydrogen) atoms. The number of para-hydroxylation sites is 1. The molecule has 0 bridgehead atoms. The molecule has 3 aromatic rings. The molecule has 0 unspecified atom stereocenters. The molecule has 1 saturated carbocycles. The summed E-state index contributed by atoms with van der Waals surface area (Å²) in [5.41, 5.74) is 3.13. The summed E-state index contributed by atoms with van der Waals surface area (Å²) in [6.45, 7) is 2.15. The van der Waals surface area contributed by atoms with Crippen LogP contribution in [0.4, 0.5) is 9.18 Å². The van der Waals surface area contributed by atoms with E-state index in [2.05, 4.69) is 12.2 Å². The summed E-state index contributed by atoms with van der Waals surface area (Å²) in [4.78, 5) is 40.1. The minimum Gasteiger partial charge on any atom is -0.352 e. The van der Waals surface area contributed by atoms with Gasteiger partial charge in [-0.05, 0) is 48.7 Å². The molecule has 1 aromatic heterocycles. The first-order valence-corrected chi connectivity index (χ1v) is 13.6. The summed E-state index contributed by atoms with van der Waals surface area (Å²) in [7, 11) is 0. The Morgan fingerprint density at radius 3 is 2.59 bits per heavy atom. The highest BCUT2D eigenvalue weighted by atomic mass is 32.2. The summed E-state index contributed by atoms with van der Waals surface area (Å²) in [5.74, 6) is -0.917. The van der Waals surface area contributed by atoms with Crippen molar-refractivity contribution in [1.82, 2.24) is 14.8 Å². The molecule has 192 valence electrons. The lowest BCUT2D eigenvalue weighted by Crippen LogP contribution is -2.38. The monoisotopic (exact) mass is 519 g/mol. The zero-order valence-electron chi connectivity index (χ0n) is 20.8. The average Bonchev–Trinajstić information content (AvgIpc) is 3.37. The van der Waals surface area contributed by atoms with Crippen LogP contribution in [0, 0.1) is 5.82 Å². The number of hydrogen-bond donors (Lipinski definition) is 1. The van der Waals surface area contributed by atoms with Crippen molar-refractivity contribution >= 4 is 45.8 Å². The number of amides is 3. The Morgan fingerprint density at radius 1 is 1.08 bits per heavy atom. The van der Waals surface area contributed by atoms with Crippen LogP contribution in [0.5, 0.6) is 0 Å². The minimum atomic E-state index is -0.452. The maximum Gasteiger partial charge on any atom is 0.293 e. The van der Waals surface area contributed by atoms with Gasteiger partial charge in [0.05, 0.1) is 17.0 Å². The quantitative estimate of drug-likeness (QED) is 0.387. The van der Waals surface area contributed by atoms with Crippen molar-refractivity contribution in [3.63, 3.8) is 0 Å². The number of imide groups is 1. The first kappa shape index (κ1) is 25.3. The molecular formula is C29H30FN3O3S. The van der Waals surface area contributed by atoms with Gasteiger partial charge in [0, 0.05) is 28.8 Å². The Hall–Kier alpha value is -3.39. The second-order valence-corrected chi connectivity index (χ2v) is 10.6. The van der Waals surface area contributed by atoms with Gasteiger partial charge in [-0.1, -0.05) is 62.6 Å². The summed E-state index contributed by atoms with van der Waals surface area (Å²) in [5, 5.41) is 3.68. The van der Waals surface area contributed by atoms with Crippen LogP contribution in [0.3, 0.4) is 0 Å². The number of rotatable bonds is 7. The van der Waals surface area contributed by atoms with E-state index < -0.39 is 17.0 Å². The van der Waals surface area contributed by atoms with Crippen LogP contribution < -0.4 is 5.32 Å². The molecule has 1 saturated heterocycles. The Bertz CT molecular complexity index is 1390. The second-order valence-electron chi connectivity index (χ2n) is 9.64. The predicted molar refractivity (Wildman–Crippen MR) is 144 cm³/mol. The molecule has 6 nitrogen and oxygen atoms in total. The number of nitrogens with zero attached hydrogens (tertiary/aromatic N) is 2. The predicted octanol–water partition coefficient (Wildman–Crippen LogP) is 6.03. The zero-order valence-corrected chi connectivity index (χ0v) is 21.7. The van der Waals surface area contributed by atoms with Gasteiger partial charge in [-0.3, -0.25) is 19.3 Å². The van der Waals surface area contributed by atoms with Crippen LogP contribution in [0.1, 0.15) is 55.7 Å². The molecule has 1 aliphatic heterocycles. The molecular weight excluding hydrogens is 489 g/mol. The van der Waals surface area contributed by atoms with E-state index in [4.69, 9.17) is 0 Å². The number of hydrogen-bond acceptors (Lipinski definition) is 4. The molecule has 2 aromatic carbocycles. The maximum absolute atomic E-state index is 14.1. The van der Waals surface area contributed by atoms with Crippen LogP contribution >= 0.6 is 11.8 Å². The third-order valence-electron chi connectivity index (χ3n) is 7.12. The van der Waals surface area contributed by atoms with Gasteiger partial charge < -0.3 is 9.88 Å². The van der Waals surface area contributed by atoms with E-state index in [9.17, 15) is 18.8 Å². The third-order valence-corrected chi connectivity index (χ3v) is 8.03. The highest BCUT2D eigenvalue weighted by molar-refractivity contribution is 8.18. The molecule has 2 aliphatic rings. The van der Waals surface area contributed by atoms with Gasteiger partial charge in [0.1, 0.15) is 12.4 Å². The normalized spacial score (nSPS) is 17.8. The molecule has 3 amide bonds. The van der Waals surface area contributed by atoms with E-state index in [1.165, 1.54) is 12.5 Å². The fraction of sp³-hybridized carbons (Fsp3) is 0.345. The first-order valence-electron chi connectivity index (χ1n) is 12.8. The van der Waals surface area contributed by atoms with Crippen LogP contribution in [-0.4, -0.2) is 32.6 Å². The lowest BCUT2D eigenvalue weighted by atomic mass is 9.95. The fourth-order valence-corrected chi connectivity index (χ4v) is 6.07. The maximum atomic E-state index is 14.1. The van der Waals surface area contributed by atoms with Gasteiger partial charge >= 0.3 is 0 Å². The van der Waals surface area contributed by atoms with Gasteiger partial charge in [0.15, 0.2) is 0 Å². The van der Waals surface area contributed by atoms with Crippen molar-refractivity contribution in [3.8, 4) is 0 Å². The Kier molecular flexibility index (Phi) is 7.46. The molecule has 2 heterocycles. The minimum absolute atomic E-state index is 0.0218. The van der Waals surface area contributed by atoms with Gasteiger partial charge in [-0.15, -0.1) is 0 Å². The molecule has 0 atom stereocenters. The summed E-state index contributed by atoms with van der Waals surface area (Å²) in [6, 6.07) is 12.3. The lowest BCUT2D eigenvalue weighted by molar-refractivity contribution is -0.123. The molecule has 8 heteroatoms. The third kappa shape index (κ3) is 5.34. The zero-order chi connectivity index (χ0) is 25.9. The topological polar surface area (TPSA) is 71.4 Å². The molecule has 0 radical (unpaired) electrons. The highest BCUT2D eigenvalue weighted by Gasteiger charge is 2.35. The van der Waals surface area contributed by atoms with E-state index in [1.54, 1.807) is 24.3 Å². The van der Waals surface area contributed by atoms with E-state index in [0.717, 1.165) is 70.8 Å². The average molecular weight is 520 g/mol. The SMILES string of the molecule is CCc1cccc2c(/C=C3\SC(=O)N(Cc4ccccc4F)C3=O)cn(CC(=O)NC3CCCCC3)c12. The van der Waals surface area contributed by atoms with Crippen LogP contribution in [0.25, 0.3) is 17.0 Å². The van der Waals surface area contributed by atoms with E-state index in [0.29, 0.717) is 5.56 Å². The standard InChI is InChI=1S/C29H30FN3O3S/c1-2-19-10-8-13-23-21(16-32(27(19)23)18-26(34)31-22-11-4-3-5-12-22)15-25-28(35)33(29(36)37-25)17-20-9-6-7-14-24(20)30/h6-10,13-16,22H,2-5,11-12,17-18H2,1H3,(H,31,34)/b25-15-. The van der Waals surface area contributed by atoms with Crippen molar-refractivity contribution in [2.45, 2.75) is 64.6 Å². The number of aromatic nitrogens is 1. The largest absolute Gasteiger partial charge is 0.352 e. The van der Waals surface area contributed by atoms with Gasteiger partial charge in [-0.2, -0.15) is 0 Å². The Balaban J connectivity index is 1.43. The van der Waals surface area contributed by atoms with Crippen LogP contribution in [0.2, 0.25) is 0 Å². The lowest BCUT2D eigenvalue weighted by Gasteiger charge is -2.23. The van der Waals surface area contributed by atoms with E-state index in [1.807, 2.05) is 29.0 Å². The van der Waals surface area contributed by atoms with Crippen molar-refractivity contribution in [2.24, 2.45) is 0 Å². The number of fused-ring (bicyclic) bond motifs is 1. The number of benzene rings is 2. The van der Waals surface area contributed by atoms with Crippen molar-refractivity contribution in [2.75, 3.05) is 0 Å². The Labute approximate surface area is 219 Å². The molecule has 0 spiro atoms. The van der Waals surface area contributed by atoms with E-state index in [-0.39, 0.29) is 29.9 Å². The number of nitrogens with one attached hydrogen (secondary N) is 1. The number of carbonyl (C=O) groups is 3. The van der Waals surface area contributed by atoms with Gasteiger partial charge in [0.25, 0.3) is 11.1 Å². The number of thioether (sulfide) groups is 1. The number of aryl methyl sites for hydroxylation is 1. The van der Waals surface area contributed by atoms with Gasteiger partial charge in [0.2, 0.25) is 5.91 Å².